The number of rotatable bonds is 3. The SMILES string of the molecule is O[C@@H](CCl)CC1C=N1. The van der Waals surface area contributed by atoms with Crippen molar-refractivity contribution in [3.05, 3.63) is 0 Å². The van der Waals surface area contributed by atoms with Crippen LogP contribution in [0.25, 0.3) is 0 Å². The van der Waals surface area contributed by atoms with E-state index >= 15 is 0 Å². The van der Waals surface area contributed by atoms with Crippen LogP contribution >= 0.6 is 11.6 Å². The Kier molecular flexibility index (Phi) is 1.86. The van der Waals surface area contributed by atoms with Crippen molar-refractivity contribution in [1.29, 1.82) is 0 Å². The molecule has 1 aliphatic rings. The number of nitrogens with zero attached hydrogens (tertiary/aromatic N) is 1. The average molecular weight is 134 g/mol. The minimum atomic E-state index is -0.371. The third-order valence-corrected chi connectivity index (χ3v) is 1.41. The summed E-state index contributed by atoms with van der Waals surface area (Å²) in [4.78, 5) is 3.85. The van der Waals surface area contributed by atoms with Crippen molar-refractivity contribution in [1.82, 2.24) is 0 Å². The summed E-state index contributed by atoms with van der Waals surface area (Å²) in [5.74, 6) is 0.319. The molecule has 0 fully saturated rings. The summed E-state index contributed by atoms with van der Waals surface area (Å²) in [6.45, 7) is 0. The number of alkyl halides is 1. The molecule has 0 bridgehead atoms. The lowest BCUT2D eigenvalue weighted by molar-refractivity contribution is 0.189. The standard InChI is InChI=1S/C5H8ClNO/c6-2-5(8)1-4-3-7-4/h3-5,8H,1-2H2/t4?,5-/m1/s1. The summed E-state index contributed by atoms with van der Waals surface area (Å²) in [5, 5.41) is 8.86. The van der Waals surface area contributed by atoms with Gasteiger partial charge in [0.15, 0.2) is 0 Å². The van der Waals surface area contributed by atoms with Crippen LogP contribution in [0.4, 0.5) is 0 Å². The number of hydrogen-bond donors (Lipinski definition) is 1. The van der Waals surface area contributed by atoms with Gasteiger partial charge >= 0.3 is 0 Å². The van der Waals surface area contributed by atoms with E-state index in [0.717, 1.165) is 0 Å². The summed E-state index contributed by atoms with van der Waals surface area (Å²) >= 11 is 5.32. The first-order chi connectivity index (χ1) is 3.83. The van der Waals surface area contributed by atoms with Crippen molar-refractivity contribution in [3.8, 4) is 0 Å². The Morgan fingerprint density at radius 1 is 1.88 bits per heavy atom. The molecule has 8 heavy (non-hydrogen) atoms. The monoisotopic (exact) mass is 133 g/mol. The van der Waals surface area contributed by atoms with Gasteiger partial charge in [0.05, 0.1) is 12.1 Å². The van der Waals surface area contributed by atoms with Crippen LogP contribution in [0.15, 0.2) is 4.99 Å². The molecule has 0 spiro atoms. The average Bonchev–Trinajstić information content (AvgIpc) is 2.50. The summed E-state index contributed by atoms with van der Waals surface area (Å²) in [6.07, 6.45) is 2.14. The smallest absolute Gasteiger partial charge is 0.0868 e. The minimum Gasteiger partial charge on any atom is -0.392 e. The first-order valence-corrected chi connectivity index (χ1v) is 3.13. The van der Waals surface area contributed by atoms with Gasteiger partial charge in [0, 0.05) is 18.5 Å². The molecule has 1 rings (SSSR count). The molecule has 1 heterocycles. The fourth-order valence-electron chi connectivity index (χ4n) is 0.524. The molecule has 46 valence electrons. The van der Waals surface area contributed by atoms with Crippen LogP contribution in [0.1, 0.15) is 6.42 Å². The Bertz CT molecular complexity index is 98.6. The Morgan fingerprint density at radius 2 is 2.50 bits per heavy atom. The van der Waals surface area contributed by atoms with E-state index in [0.29, 0.717) is 18.3 Å². The topological polar surface area (TPSA) is 32.6 Å². The van der Waals surface area contributed by atoms with Gasteiger partial charge in [0.1, 0.15) is 0 Å². The largest absolute Gasteiger partial charge is 0.392 e. The number of aliphatic imine (C=N–C) groups is 1. The van der Waals surface area contributed by atoms with Crippen LogP contribution < -0.4 is 0 Å². The van der Waals surface area contributed by atoms with E-state index in [4.69, 9.17) is 16.7 Å². The normalized spacial score (nSPS) is 28.0. The molecule has 2 nitrogen and oxygen atoms in total. The van der Waals surface area contributed by atoms with Gasteiger partial charge in [-0.25, -0.2) is 0 Å². The molecule has 0 radical (unpaired) electrons. The van der Waals surface area contributed by atoms with Gasteiger partial charge in [-0.2, -0.15) is 0 Å². The minimum absolute atomic E-state index is 0.295. The van der Waals surface area contributed by atoms with E-state index in [-0.39, 0.29) is 6.10 Å². The second-order valence-electron chi connectivity index (χ2n) is 1.91. The van der Waals surface area contributed by atoms with Crippen molar-refractivity contribution in [2.24, 2.45) is 4.99 Å². The van der Waals surface area contributed by atoms with E-state index in [1.807, 2.05) is 6.21 Å². The molecule has 2 atom stereocenters. The quantitative estimate of drug-likeness (QED) is 0.557. The van der Waals surface area contributed by atoms with Crippen LogP contribution in [0, 0.1) is 0 Å². The maximum Gasteiger partial charge on any atom is 0.0868 e. The molecule has 1 unspecified atom stereocenters. The van der Waals surface area contributed by atoms with Crippen molar-refractivity contribution in [2.45, 2.75) is 18.6 Å². The lowest BCUT2D eigenvalue weighted by Gasteiger charge is -2.01. The number of halogens is 1. The van der Waals surface area contributed by atoms with Crippen molar-refractivity contribution in [2.75, 3.05) is 5.88 Å². The van der Waals surface area contributed by atoms with Crippen LogP contribution in [0.2, 0.25) is 0 Å². The summed E-state index contributed by atoms with van der Waals surface area (Å²) in [6, 6.07) is 0.295. The summed E-state index contributed by atoms with van der Waals surface area (Å²) < 4.78 is 0. The molecule has 0 aromatic heterocycles. The predicted molar refractivity (Wildman–Crippen MR) is 33.6 cm³/mol. The van der Waals surface area contributed by atoms with E-state index < -0.39 is 0 Å². The van der Waals surface area contributed by atoms with Crippen LogP contribution in [0.5, 0.6) is 0 Å². The van der Waals surface area contributed by atoms with E-state index in [9.17, 15) is 0 Å². The first-order valence-electron chi connectivity index (χ1n) is 2.60. The Balaban J connectivity index is 1.99. The highest BCUT2D eigenvalue weighted by Gasteiger charge is 2.16. The lowest BCUT2D eigenvalue weighted by Crippen LogP contribution is -2.11. The molecular formula is C5H8ClNO. The lowest BCUT2D eigenvalue weighted by atomic mass is 10.2. The molecule has 1 N–H and O–H groups in total. The zero-order chi connectivity index (χ0) is 5.98. The summed E-state index contributed by atoms with van der Waals surface area (Å²) in [7, 11) is 0. The van der Waals surface area contributed by atoms with Gasteiger partial charge in [0.25, 0.3) is 0 Å². The Hall–Kier alpha value is -0.0800. The first kappa shape index (κ1) is 6.05. The van der Waals surface area contributed by atoms with E-state index in [1.54, 1.807) is 0 Å². The highest BCUT2D eigenvalue weighted by Crippen LogP contribution is 2.09. The Labute approximate surface area is 53.2 Å². The highest BCUT2D eigenvalue weighted by atomic mass is 35.5. The predicted octanol–water partition coefficient (Wildman–Crippen LogP) is 0.429. The van der Waals surface area contributed by atoms with Gasteiger partial charge in [-0.15, -0.1) is 11.6 Å². The molecular weight excluding hydrogens is 126 g/mol. The van der Waals surface area contributed by atoms with Crippen LogP contribution in [-0.2, 0) is 0 Å². The van der Waals surface area contributed by atoms with Crippen molar-refractivity contribution in [3.63, 3.8) is 0 Å². The molecule has 0 saturated carbocycles. The van der Waals surface area contributed by atoms with Gasteiger partial charge < -0.3 is 5.11 Å². The Morgan fingerprint density at radius 3 is 2.88 bits per heavy atom. The molecule has 3 heteroatoms. The van der Waals surface area contributed by atoms with Gasteiger partial charge in [-0.3, -0.25) is 4.99 Å². The molecule has 0 amide bonds. The molecule has 1 aliphatic heterocycles. The fraction of sp³-hybridized carbons (Fsp3) is 0.800. The number of aliphatic hydroxyl groups excluding tert-OH is 1. The van der Waals surface area contributed by atoms with Gasteiger partial charge in [-0.05, 0) is 0 Å². The number of aliphatic hydroxyl groups is 1. The zero-order valence-corrected chi connectivity index (χ0v) is 5.17. The summed E-state index contributed by atoms with van der Waals surface area (Å²) in [5.41, 5.74) is 0. The molecule has 0 aromatic rings. The van der Waals surface area contributed by atoms with Gasteiger partial charge in [0.2, 0.25) is 0 Å². The molecule has 0 aliphatic carbocycles. The number of hydrogen-bond acceptors (Lipinski definition) is 2. The third-order valence-electron chi connectivity index (χ3n) is 1.05. The van der Waals surface area contributed by atoms with Crippen LogP contribution in [0.3, 0.4) is 0 Å². The zero-order valence-electron chi connectivity index (χ0n) is 4.42. The van der Waals surface area contributed by atoms with Gasteiger partial charge in [-0.1, -0.05) is 0 Å². The third kappa shape index (κ3) is 1.80. The van der Waals surface area contributed by atoms with Crippen LogP contribution in [-0.4, -0.2) is 29.3 Å². The van der Waals surface area contributed by atoms with Crippen molar-refractivity contribution >= 4 is 17.8 Å². The molecule has 0 aromatic carbocycles. The maximum atomic E-state index is 8.86. The second-order valence-corrected chi connectivity index (χ2v) is 2.22. The van der Waals surface area contributed by atoms with E-state index in [1.165, 1.54) is 0 Å². The van der Waals surface area contributed by atoms with E-state index in [2.05, 4.69) is 4.99 Å². The molecule has 0 saturated heterocycles. The fourth-order valence-corrected chi connectivity index (χ4v) is 0.650. The second kappa shape index (κ2) is 2.46. The maximum absolute atomic E-state index is 8.86. The highest BCUT2D eigenvalue weighted by molar-refractivity contribution is 6.18. The van der Waals surface area contributed by atoms with Crippen molar-refractivity contribution < 1.29 is 5.11 Å².